The van der Waals surface area contributed by atoms with E-state index < -0.39 is 0 Å². The van der Waals surface area contributed by atoms with E-state index in [1.807, 2.05) is 23.1 Å². The van der Waals surface area contributed by atoms with Crippen molar-refractivity contribution < 1.29 is 0 Å². The molecule has 0 radical (unpaired) electrons. The van der Waals surface area contributed by atoms with Gasteiger partial charge in [-0.25, -0.2) is 0 Å². The van der Waals surface area contributed by atoms with Crippen molar-refractivity contribution in [1.82, 2.24) is 14.7 Å². The second-order valence-corrected chi connectivity index (χ2v) is 5.48. The van der Waals surface area contributed by atoms with Crippen LogP contribution in [0.2, 0.25) is 0 Å². The van der Waals surface area contributed by atoms with E-state index in [2.05, 4.69) is 10.00 Å². The standard InChI is InChI=1S/C13H22N4/c14-11-9-12-3-4-13(10-11)17(12)8-2-7-16-6-1-5-15-16/h1,5-6,11-13H,2-4,7-10,14H2. The van der Waals surface area contributed by atoms with Gasteiger partial charge in [-0.1, -0.05) is 0 Å². The fourth-order valence-corrected chi connectivity index (χ4v) is 3.53. The number of nitrogens with two attached hydrogens (primary N) is 1. The van der Waals surface area contributed by atoms with E-state index in [0.717, 1.165) is 18.6 Å². The number of piperidine rings is 1. The molecule has 0 spiro atoms. The summed E-state index contributed by atoms with van der Waals surface area (Å²) in [5.41, 5.74) is 6.08. The summed E-state index contributed by atoms with van der Waals surface area (Å²) in [6, 6.07) is 3.97. The molecule has 2 saturated heterocycles. The lowest BCUT2D eigenvalue weighted by Gasteiger charge is -2.37. The molecule has 0 amide bonds. The van der Waals surface area contributed by atoms with Gasteiger partial charge in [-0.05, 0) is 38.2 Å². The highest BCUT2D eigenvalue weighted by atomic mass is 15.3. The van der Waals surface area contributed by atoms with E-state index in [-0.39, 0.29) is 0 Å². The van der Waals surface area contributed by atoms with Gasteiger partial charge in [0.1, 0.15) is 0 Å². The van der Waals surface area contributed by atoms with Gasteiger partial charge in [-0.2, -0.15) is 5.10 Å². The number of hydrogen-bond acceptors (Lipinski definition) is 3. The van der Waals surface area contributed by atoms with Crippen molar-refractivity contribution in [1.29, 1.82) is 0 Å². The quantitative estimate of drug-likeness (QED) is 0.852. The third-order valence-corrected chi connectivity index (χ3v) is 4.28. The highest BCUT2D eigenvalue weighted by Gasteiger charge is 2.38. The highest BCUT2D eigenvalue weighted by Crippen LogP contribution is 2.34. The first kappa shape index (κ1) is 11.2. The van der Waals surface area contributed by atoms with E-state index >= 15 is 0 Å². The number of aromatic nitrogens is 2. The molecule has 2 unspecified atom stereocenters. The molecular formula is C13H22N4. The summed E-state index contributed by atoms with van der Waals surface area (Å²) < 4.78 is 2.03. The molecule has 2 N–H and O–H groups in total. The summed E-state index contributed by atoms with van der Waals surface area (Å²) >= 11 is 0. The van der Waals surface area contributed by atoms with E-state index in [1.165, 1.54) is 38.6 Å². The predicted octanol–water partition coefficient (Wildman–Crippen LogP) is 1.23. The molecule has 94 valence electrons. The van der Waals surface area contributed by atoms with Gasteiger partial charge in [0.2, 0.25) is 0 Å². The maximum absolute atomic E-state index is 6.08. The van der Waals surface area contributed by atoms with Gasteiger partial charge in [0.15, 0.2) is 0 Å². The molecule has 2 bridgehead atoms. The summed E-state index contributed by atoms with van der Waals surface area (Å²) in [5, 5.41) is 4.24. The third kappa shape index (κ3) is 2.38. The Hall–Kier alpha value is -0.870. The second kappa shape index (κ2) is 4.78. The monoisotopic (exact) mass is 234 g/mol. The third-order valence-electron chi connectivity index (χ3n) is 4.28. The van der Waals surface area contributed by atoms with Gasteiger partial charge >= 0.3 is 0 Å². The Kier molecular flexibility index (Phi) is 3.16. The SMILES string of the molecule is NC1CC2CCC(C1)N2CCCn1cccn1. The fourth-order valence-electron chi connectivity index (χ4n) is 3.53. The zero-order chi connectivity index (χ0) is 11.7. The van der Waals surface area contributed by atoms with Gasteiger partial charge in [-0.15, -0.1) is 0 Å². The zero-order valence-electron chi connectivity index (χ0n) is 10.3. The van der Waals surface area contributed by atoms with Crippen molar-refractivity contribution in [2.24, 2.45) is 5.73 Å². The first-order valence-corrected chi connectivity index (χ1v) is 6.81. The minimum absolute atomic E-state index is 0.454. The molecule has 0 aromatic carbocycles. The number of rotatable bonds is 4. The molecule has 1 aromatic heterocycles. The van der Waals surface area contributed by atoms with Crippen LogP contribution in [0.5, 0.6) is 0 Å². The fraction of sp³-hybridized carbons (Fsp3) is 0.769. The number of aryl methyl sites for hydroxylation is 1. The van der Waals surface area contributed by atoms with Crippen molar-refractivity contribution in [3.63, 3.8) is 0 Å². The zero-order valence-corrected chi connectivity index (χ0v) is 10.3. The molecule has 4 heteroatoms. The van der Waals surface area contributed by atoms with E-state index in [1.54, 1.807) is 0 Å². The van der Waals surface area contributed by atoms with E-state index in [0.29, 0.717) is 6.04 Å². The van der Waals surface area contributed by atoms with Gasteiger partial charge in [0.25, 0.3) is 0 Å². The van der Waals surface area contributed by atoms with Crippen molar-refractivity contribution >= 4 is 0 Å². The predicted molar refractivity (Wildman–Crippen MR) is 67.6 cm³/mol. The van der Waals surface area contributed by atoms with Gasteiger partial charge in [0.05, 0.1) is 0 Å². The Morgan fingerprint density at radius 1 is 1.18 bits per heavy atom. The average molecular weight is 234 g/mol. The maximum Gasteiger partial charge on any atom is 0.0489 e. The Balaban J connectivity index is 1.49. The summed E-state index contributed by atoms with van der Waals surface area (Å²) in [6.45, 7) is 2.25. The van der Waals surface area contributed by atoms with Crippen molar-refractivity contribution in [2.45, 2.75) is 56.8 Å². The normalized spacial score (nSPS) is 33.1. The maximum atomic E-state index is 6.08. The Morgan fingerprint density at radius 2 is 1.94 bits per heavy atom. The lowest BCUT2D eigenvalue weighted by atomic mass is 9.98. The molecule has 2 atom stereocenters. The first-order chi connectivity index (χ1) is 8.33. The minimum Gasteiger partial charge on any atom is -0.328 e. The molecular weight excluding hydrogens is 212 g/mol. The lowest BCUT2D eigenvalue weighted by molar-refractivity contribution is 0.124. The smallest absolute Gasteiger partial charge is 0.0489 e. The highest BCUT2D eigenvalue weighted by molar-refractivity contribution is 4.96. The summed E-state index contributed by atoms with van der Waals surface area (Å²) in [7, 11) is 0. The average Bonchev–Trinajstić information content (AvgIpc) is 2.88. The van der Waals surface area contributed by atoms with Crippen molar-refractivity contribution in [3.8, 4) is 0 Å². The van der Waals surface area contributed by atoms with E-state index in [4.69, 9.17) is 5.73 Å². The van der Waals surface area contributed by atoms with Crippen LogP contribution < -0.4 is 5.73 Å². The largest absolute Gasteiger partial charge is 0.328 e. The van der Waals surface area contributed by atoms with Gasteiger partial charge < -0.3 is 5.73 Å². The molecule has 4 nitrogen and oxygen atoms in total. The van der Waals surface area contributed by atoms with Crippen LogP contribution in [0.15, 0.2) is 18.5 Å². The van der Waals surface area contributed by atoms with E-state index in [9.17, 15) is 0 Å². The van der Waals surface area contributed by atoms with Crippen molar-refractivity contribution in [3.05, 3.63) is 18.5 Å². The molecule has 3 rings (SSSR count). The van der Waals surface area contributed by atoms with Crippen LogP contribution in [-0.2, 0) is 6.54 Å². The molecule has 0 saturated carbocycles. The molecule has 2 fully saturated rings. The number of nitrogens with zero attached hydrogens (tertiary/aromatic N) is 3. The van der Waals surface area contributed by atoms with Crippen LogP contribution >= 0.6 is 0 Å². The minimum atomic E-state index is 0.454. The van der Waals surface area contributed by atoms with Gasteiger partial charge in [-0.3, -0.25) is 9.58 Å². The summed E-state index contributed by atoms with van der Waals surface area (Å²) in [5.74, 6) is 0. The van der Waals surface area contributed by atoms with Crippen molar-refractivity contribution in [2.75, 3.05) is 6.54 Å². The Labute approximate surface area is 103 Å². The van der Waals surface area contributed by atoms with Crippen LogP contribution in [0.4, 0.5) is 0 Å². The first-order valence-electron chi connectivity index (χ1n) is 6.81. The Bertz CT molecular complexity index is 334. The number of fused-ring (bicyclic) bond motifs is 2. The molecule has 17 heavy (non-hydrogen) atoms. The molecule has 2 aliphatic rings. The molecule has 3 heterocycles. The molecule has 0 aliphatic carbocycles. The topological polar surface area (TPSA) is 47.1 Å². The van der Waals surface area contributed by atoms with Crippen LogP contribution in [0.25, 0.3) is 0 Å². The van der Waals surface area contributed by atoms with Crippen LogP contribution in [0, 0.1) is 0 Å². The molecule has 1 aromatic rings. The number of hydrogen-bond donors (Lipinski definition) is 1. The van der Waals surface area contributed by atoms with Gasteiger partial charge in [0, 0.05) is 43.6 Å². The Morgan fingerprint density at radius 3 is 2.59 bits per heavy atom. The van der Waals surface area contributed by atoms with Crippen LogP contribution in [0.3, 0.4) is 0 Å². The summed E-state index contributed by atoms with van der Waals surface area (Å²) in [6.07, 6.45) is 10.2. The second-order valence-electron chi connectivity index (χ2n) is 5.48. The summed E-state index contributed by atoms with van der Waals surface area (Å²) in [4.78, 5) is 2.70. The van der Waals surface area contributed by atoms with Crippen LogP contribution in [-0.4, -0.2) is 39.4 Å². The lowest BCUT2D eigenvalue weighted by Crippen LogP contribution is -2.47. The van der Waals surface area contributed by atoms with Crippen LogP contribution in [0.1, 0.15) is 32.1 Å². The molecule has 2 aliphatic heterocycles.